The number of amides is 1. The van der Waals surface area contributed by atoms with Gasteiger partial charge in [0.2, 0.25) is 5.95 Å². The molecule has 0 aromatic carbocycles. The molecule has 8 nitrogen and oxygen atoms in total. The van der Waals surface area contributed by atoms with Gasteiger partial charge in [-0.2, -0.15) is 13.2 Å². The normalized spacial score (nSPS) is 17.6. The van der Waals surface area contributed by atoms with Gasteiger partial charge in [-0.1, -0.05) is 0 Å². The van der Waals surface area contributed by atoms with Crippen molar-refractivity contribution >= 4 is 11.9 Å². The highest BCUT2D eigenvalue weighted by molar-refractivity contribution is 5.90. The first-order chi connectivity index (χ1) is 12.8. The highest BCUT2D eigenvalue weighted by Gasteiger charge is 2.36. The number of hydrogen-bond acceptors (Lipinski definition) is 6. The molecule has 1 aliphatic heterocycles. The number of H-pyrrole nitrogens is 1. The van der Waals surface area contributed by atoms with Crippen molar-refractivity contribution in [1.29, 1.82) is 0 Å². The summed E-state index contributed by atoms with van der Waals surface area (Å²) in [7, 11) is 3.05. The van der Waals surface area contributed by atoms with Gasteiger partial charge in [0.15, 0.2) is 5.82 Å². The Morgan fingerprint density at radius 3 is 2.70 bits per heavy atom. The minimum Gasteiger partial charge on any atom is -0.350 e. The Bertz CT molecular complexity index is 813. The summed E-state index contributed by atoms with van der Waals surface area (Å²) in [5.74, 6) is -0.412. The van der Waals surface area contributed by atoms with Crippen LogP contribution in [-0.4, -0.2) is 64.0 Å². The van der Waals surface area contributed by atoms with Crippen LogP contribution in [0.5, 0.6) is 0 Å². The monoisotopic (exact) mass is 383 g/mol. The zero-order valence-electron chi connectivity index (χ0n) is 14.9. The van der Waals surface area contributed by atoms with Crippen molar-refractivity contribution in [3.05, 3.63) is 23.8 Å². The van der Waals surface area contributed by atoms with Crippen LogP contribution >= 0.6 is 0 Å². The summed E-state index contributed by atoms with van der Waals surface area (Å²) in [6, 6.07) is 0.0379. The number of alkyl halides is 3. The van der Waals surface area contributed by atoms with E-state index in [1.165, 1.54) is 25.2 Å². The van der Waals surface area contributed by atoms with Gasteiger partial charge in [0.05, 0.1) is 11.9 Å². The molecular formula is C16H20F3N7O. The number of nitrogens with one attached hydrogen (secondary N) is 3. The van der Waals surface area contributed by atoms with Crippen molar-refractivity contribution in [2.75, 3.05) is 32.5 Å². The highest BCUT2D eigenvalue weighted by atomic mass is 19.4. The fourth-order valence-corrected chi connectivity index (χ4v) is 2.78. The fraction of sp³-hybridized carbons (Fsp3) is 0.500. The third-order valence-electron chi connectivity index (χ3n) is 4.16. The summed E-state index contributed by atoms with van der Waals surface area (Å²) < 4.78 is 40.2. The van der Waals surface area contributed by atoms with E-state index in [0.717, 1.165) is 25.6 Å². The first-order valence-electron chi connectivity index (χ1n) is 8.44. The second kappa shape index (κ2) is 7.51. The van der Waals surface area contributed by atoms with Gasteiger partial charge in [0, 0.05) is 32.9 Å². The molecular weight excluding hydrogens is 363 g/mol. The first kappa shape index (κ1) is 19.1. The Hall–Kier alpha value is -2.69. The van der Waals surface area contributed by atoms with E-state index in [1.807, 2.05) is 0 Å². The molecule has 3 rings (SSSR count). The SMILES string of the molecule is CN(C)C(=O)c1ncc(-c2nc(NC3CCCNC3)ncc2C(F)(F)F)[nH]1. The summed E-state index contributed by atoms with van der Waals surface area (Å²) in [5, 5.41) is 6.26. The molecule has 1 aliphatic rings. The van der Waals surface area contributed by atoms with Gasteiger partial charge in [-0.3, -0.25) is 4.79 Å². The molecule has 1 saturated heterocycles. The minimum absolute atomic E-state index is 0.000237. The maximum Gasteiger partial charge on any atom is 0.420 e. The van der Waals surface area contributed by atoms with E-state index in [0.29, 0.717) is 6.54 Å². The lowest BCUT2D eigenvalue weighted by atomic mass is 10.1. The summed E-state index contributed by atoms with van der Waals surface area (Å²) in [4.78, 5) is 27.6. The third kappa shape index (κ3) is 4.35. The van der Waals surface area contributed by atoms with E-state index in [2.05, 4.69) is 30.6 Å². The van der Waals surface area contributed by atoms with E-state index in [4.69, 9.17) is 0 Å². The lowest BCUT2D eigenvalue weighted by Crippen LogP contribution is -2.38. The third-order valence-corrected chi connectivity index (χ3v) is 4.16. The quantitative estimate of drug-likeness (QED) is 0.744. The molecule has 0 aliphatic carbocycles. The van der Waals surface area contributed by atoms with Crippen LogP contribution in [0.25, 0.3) is 11.4 Å². The standard InChI is InChI=1S/C16H20F3N7O/c1-26(2)14(27)13-21-8-11(24-13)12-10(16(17,18)19)7-22-15(25-12)23-9-4-3-5-20-6-9/h7-9,20H,3-6H2,1-2H3,(H,21,24)(H,22,23,25). The van der Waals surface area contributed by atoms with Gasteiger partial charge >= 0.3 is 6.18 Å². The zero-order valence-corrected chi connectivity index (χ0v) is 14.9. The molecule has 0 spiro atoms. The first-order valence-corrected chi connectivity index (χ1v) is 8.44. The van der Waals surface area contributed by atoms with Gasteiger partial charge in [0.1, 0.15) is 11.3 Å². The molecule has 146 valence electrons. The molecule has 0 saturated carbocycles. The lowest BCUT2D eigenvalue weighted by Gasteiger charge is -2.24. The van der Waals surface area contributed by atoms with E-state index in [1.54, 1.807) is 0 Å². The number of rotatable bonds is 4. The number of hydrogen-bond donors (Lipinski definition) is 3. The second-order valence-corrected chi connectivity index (χ2v) is 6.49. The molecule has 27 heavy (non-hydrogen) atoms. The van der Waals surface area contributed by atoms with Crippen molar-refractivity contribution in [1.82, 2.24) is 30.2 Å². The number of anilines is 1. The zero-order chi connectivity index (χ0) is 19.6. The second-order valence-electron chi connectivity index (χ2n) is 6.49. The van der Waals surface area contributed by atoms with Gasteiger partial charge in [-0.05, 0) is 19.4 Å². The largest absolute Gasteiger partial charge is 0.420 e. The Morgan fingerprint density at radius 1 is 1.30 bits per heavy atom. The molecule has 1 amide bonds. The molecule has 1 unspecified atom stereocenters. The van der Waals surface area contributed by atoms with Crippen molar-refractivity contribution in [2.24, 2.45) is 0 Å². The van der Waals surface area contributed by atoms with Crippen molar-refractivity contribution in [3.63, 3.8) is 0 Å². The molecule has 1 fully saturated rings. The number of aromatic nitrogens is 4. The van der Waals surface area contributed by atoms with Crippen LogP contribution in [0.4, 0.5) is 19.1 Å². The van der Waals surface area contributed by atoms with Crippen LogP contribution in [-0.2, 0) is 6.18 Å². The lowest BCUT2D eigenvalue weighted by molar-refractivity contribution is -0.137. The van der Waals surface area contributed by atoms with E-state index in [-0.39, 0.29) is 29.2 Å². The topological polar surface area (TPSA) is 98.8 Å². The molecule has 1 atom stereocenters. The molecule has 0 radical (unpaired) electrons. The Balaban J connectivity index is 1.95. The highest BCUT2D eigenvalue weighted by Crippen LogP contribution is 2.35. The molecule has 11 heteroatoms. The van der Waals surface area contributed by atoms with Crippen LogP contribution < -0.4 is 10.6 Å². The summed E-state index contributed by atoms with van der Waals surface area (Å²) in [6.45, 7) is 1.60. The summed E-state index contributed by atoms with van der Waals surface area (Å²) in [5.41, 5.74) is -1.35. The number of imidazole rings is 1. The van der Waals surface area contributed by atoms with Crippen LogP contribution in [0.15, 0.2) is 12.4 Å². The molecule has 3 heterocycles. The summed E-state index contributed by atoms with van der Waals surface area (Å²) in [6.07, 6.45) is -0.896. The minimum atomic E-state index is -4.64. The van der Waals surface area contributed by atoms with Gasteiger partial charge in [-0.25, -0.2) is 15.0 Å². The van der Waals surface area contributed by atoms with Crippen molar-refractivity contribution < 1.29 is 18.0 Å². The Morgan fingerprint density at radius 2 is 2.07 bits per heavy atom. The number of carbonyl (C=O) groups is 1. The number of carbonyl (C=O) groups excluding carboxylic acids is 1. The molecule has 3 N–H and O–H groups in total. The number of halogens is 3. The van der Waals surface area contributed by atoms with Crippen molar-refractivity contribution in [2.45, 2.75) is 25.1 Å². The van der Waals surface area contributed by atoms with E-state index in [9.17, 15) is 18.0 Å². The maximum atomic E-state index is 13.4. The fourth-order valence-electron chi connectivity index (χ4n) is 2.78. The average Bonchev–Trinajstić information content (AvgIpc) is 3.11. The number of piperidine rings is 1. The number of nitrogens with zero attached hydrogens (tertiary/aromatic N) is 4. The molecule has 2 aromatic rings. The smallest absolute Gasteiger partial charge is 0.350 e. The van der Waals surface area contributed by atoms with Crippen molar-refractivity contribution in [3.8, 4) is 11.4 Å². The van der Waals surface area contributed by atoms with E-state index >= 15 is 0 Å². The number of aromatic amines is 1. The van der Waals surface area contributed by atoms with Crippen LogP contribution in [0.1, 0.15) is 29.0 Å². The van der Waals surface area contributed by atoms with Gasteiger partial charge < -0.3 is 20.5 Å². The van der Waals surface area contributed by atoms with Gasteiger partial charge in [-0.15, -0.1) is 0 Å². The Labute approximate surface area is 153 Å². The van der Waals surface area contributed by atoms with Crippen LogP contribution in [0, 0.1) is 0 Å². The summed E-state index contributed by atoms with van der Waals surface area (Å²) >= 11 is 0. The van der Waals surface area contributed by atoms with Crippen LogP contribution in [0.2, 0.25) is 0 Å². The predicted octanol–water partition coefficient (Wildman–Crippen LogP) is 1.75. The van der Waals surface area contributed by atoms with Gasteiger partial charge in [0.25, 0.3) is 5.91 Å². The average molecular weight is 383 g/mol. The Kier molecular flexibility index (Phi) is 5.31. The molecule has 2 aromatic heterocycles. The predicted molar refractivity (Wildman–Crippen MR) is 92.1 cm³/mol. The molecule has 0 bridgehead atoms. The van der Waals surface area contributed by atoms with E-state index < -0.39 is 17.6 Å². The maximum absolute atomic E-state index is 13.4. The van der Waals surface area contributed by atoms with Crippen LogP contribution in [0.3, 0.4) is 0 Å².